The fourth-order valence-electron chi connectivity index (χ4n) is 3.46. The predicted molar refractivity (Wildman–Crippen MR) is 105 cm³/mol. The predicted octanol–water partition coefficient (Wildman–Crippen LogP) is 4.37. The molecule has 0 radical (unpaired) electrons. The van der Waals surface area contributed by atoms with Crippen molar-refractivity contribution < 1.29 is 18.3 Å². The molecule has 1 aliphatic heterocycles. The number of nitriles is 1. The second-order valence-electron chi connectivity index (χ2n) is 6.54. The first-order valence-electron chi connectivity index (χ1n) is 8.86. The van der Waals surface area contributed by atoms with Crippen LogP contribution in [0.3, 0.4) is 0 Å². The van der Waals surface area contributed by atoms with Crippen molar-refractivity contribution in [3.63, 3.8) is 0 Å². The maximum absolute atomic E-state index is 14.6. The van der Waals surface area contributed by atoms with E-state index in [4.69, 9.17) is 4.74 Å². The lowest BCUT2D eigenvalue weighted by Gasteiger charge is -2.29. The van der Waals surface area contributed by atoms with Crippen molar-refractivity contribution in [2.45, 2.75) is 19.8 Å². The highest BCUT2D eigenvalue weighted by molar-refractivity contribution is 6.07. The van der Waals surface area contributed by atoms with Crippen molar-refractivity contribution in [2.75, 3.05) is 12.4 Å². The summed E-state index contributed by atoms with van der Waals surface area (Å²) in [4.78, 5) is 13.2. The van der Waals surface area contributed by atoms with Crippen molar-refractivity contribution in [2.24, 2.45) is 0 Å². The summed E-state index contributed by atoms with van der Waals surface area (Å²) in [7, 11) is 1.47. The number of carbonyl (C=O) groups excluding carboxylic acids is 1. The molecule has 29 heavy (non-hydrogen) atoms. The highest BCUT2D eigenvalue weighted by Crippen LogP contribution is 2.40. The Labute approximate surface area is 167 Å². The number of hydrogen-bond acceptors (Lipinski definition) is 4. The lowest BCUT2D eigenvalue weighted by Crippen LogP contribution is -2.31. The van der Waals surface area contributed by atoms with E-state index in [1.165, 1.54) is 13.2 Å². The van der Waals surface area contributed by atoms with Gasteiger partial charge in [-0.2, -0.15) is 5.26 Å². The number of anilines is 1. The summed E-state index contributed by atoms with van der Waals surface area (Å²) in [6.07, 6.45) is 0. The summed E-state index contributed by atoms with van der Waals surface area (Å²) in [6, 6.07) is 12.2. The molecule has 0 bridgehead atoms. The van der Waals surface area contributed by atoms with Crippen molar-refractivity contribution in [3.8, 4) is 11.8 Å². The van der Waals surface area contributed by atoms with E-state index in [0.717, 1.165) is 12.1 Å². The van der Waals surface area contributed by atoms with E-state index in [0.29, 0.717) is 22.8 Å². The molecule has 0 saturated heterocycles. The molecule has 0 fully saturated rings. The van der Waals surface area contributed by atoms with Gasteiger partial charge in [0.25, 0.3) is 5.91 Å². The fraction of sp³-hybridized carbons (Fsp3) is 0.182. The average Bonchev–Trinajstić information content (AvgIpc) is 2.68. The van der Waals surface area contributed by atoms with E-state index in [1.807, 2.05) is 6.07 Å². The third kappa shape index (κ3) is 3.69. The summed E-state index contributed by atoms with van der Waals surface area (Å²) in [6.45, 7) is 3.25. The maximum atomic E-state index is 14.6. The SMILES string of the molecule is COc1ccccc1NC(=O)C1=C(C)NC(C)=C(C#N)C1c1c(F)cccc1F. The molecule has 1 aliphatic rings. The Kier molecular flexibility index (Phi) is 5.64. The average molecular weight is 395 g/mol. The van der Waals surface area contributed by atoms with Crippen LogP contribution in [0.25, 0.3) is 0 Å². The van der Waals surface area contributed by atoms with E-state index in [9.17, 15) is 18.8 Å². The number of nitrogens with one attached hydrogen (secondary N) is 2. The lowest BCUT2D eigenvalue weighted by molar-refractivity contribution is -0.113. The van der Waals surface area contributed by atoms with Crippen molar-refractivity contribution in [1.82, 2.24) is 5.32 Å². The zero-order chi connectivity index (χ0) is 21.1. The molecular weight excluding hydrogens is 376 g/mol. The number of allylic oxidation sites excluding steroid dienone is 3. The highest BCUT2D eigenvalue weighted by Gasteiger charge is 2.36. The van der Waals surface area contributed by atoms with Crippen LogP contribution >= 0.6 is 0 Å². The van der Waals surface area contributed by atoms with Crippen LogP contribution in [-0.4, -0.2) is 13.0 Å². The first-order valence-corrected chi connectivity index (χ1v) is 8.86. The number of ether oxygens (including phenoxy) is 1. The summed E-state index contributed by atoms with van der Waals surface area (Å²) in [5.74, 6) is -2.99. The van der Waals surface area contributed by atoms with E-state index in [2.05, 4.69) is 10.6 Å². The number of para-hydroxylation sites is 2. The van der Waals surface area contributed by atoms with Crippen LogP contribution in [0.5, 0.6) is 5.75 Å². The summed E-state index contributed by atoms with van der Waals surface area (Å²) < 4.78 is 34.5. The summed E-state index contributed by atoms with van der Waals surface area (Å²) >= 11 is 0. The quantitative estimate of drug-likeness (QED) is 0.806. The van der Waals surface area contributed by atoms with Crippen LogP contribution < -0.4 is 15.4 Å². The number of hydrogen-bond donors (Lipinski definition) is 2. The zero-order valence-electron chi connectivity index (χ0n) is 16.1. The second kappa shape index (κ2) is 8.15. The van der Waals surface area contributed by atoms with Gasteiger partial charge >= 0.3 is 0 Å². The molecule has 1 heterocycles. The zero-order valence-corrected chi connectivity index (χ0v) is 16.1. The summed E-state index contributed by atoms with van der Waals surface area (Å²) in [5, 5.41) is 15.4. The molecule has 2 N–H and O–H groups in total. The Hall–Kier alpha value is -3.66. The van der Waals surface area contributed by atoms with Crippen LogP contribution in [0.4, 0.5) is 14.5 Å². The number of amides is 1. The molecule has 2 aromatic rings. The first-order chi connectivity index (χ1) is 13.9. The van der Waals surface area contributed by atoms with Gasteiger partial charge in [0.1, 0.15) is 17.4 Å². The molecule has 0 aromatic heterocycles. The van der Waals surface area contributed by atoms with Gasteiger partial charge in [-0.3, -0.25) is 4.79 Å². The van der Waals surface area contributed by atoms with Crippen LogP contribution in [0.1, 0.15) is 25.3 Å². The normalized spacial score (nSPS) is 16.2. The van der Waals surface area contributed by atoms with E-state index >= 15 is 0 Å². The number of rotatable bonds is 4. The molecule has 1 atom stereocenters. The first kappa shape index (κ1) is 20.1. The second-order valence-corrected chi connectivity index (χ2v) is 6.54. The molecule has 148 valence electrons. The maximum Gasteiger partial charge on any atom is 0.254 e. The van der Waals surface area contributed by atoms with Gasteiger partial charge in [-0.1, -0.05) is 18.2 Å². The molecule has 2 aromatic carbocycles. The molecular formula is C22H19F2N3O2. The van der Waals surface area contributed by atoms with Gasteiger partial charge in [0.05, 0.1) is 30.4 Å². The molecule has 1 unspecified atom stereocenters. The van der Waals surface area contributed by atoms with Gasteiger partial charge in [0, 0.05) is 22.5 Å². The van der Waals surface area contributed by atoms with Gasteiger partial charge in [0.2, 0.25) is 0 Å². The standard InChI is InChI=1S/C22H19F2N3O2/c1-12-14(11-25)20(21-15(23)7-6-8-16(21)24)19(13(2)26-12)22(28)27-17-9-4-5-10-18(17)29-3/h4-10,20,26H,1-3H3,(H,27,28). The number of methoxy groups -OCH3 is 1. The monoisotopic (exact) mass is 395 g/mol. The highest BCUT2D eigenvalue weighted by atomic mass is 19.1. The van der Waals surface area contributed by atoms with Gasteiger partial charge < -0.3 is 15.4 Å². The Morgan fingerprint density at radius 1 is 1.10 bits per heavy atom. The third-order valence-corrected chi connectivity index (χ3v) is 4.77. The molecule has 5 nitrogen and oxygen atoms in total. The van der Waals surface area contributed by atoms with Crippen molar-refractivity contribution in [1.29, 1.82) is 5.26 Å². The minimum Gasteiger partial charge on any atom is -0.495 e. The van der Waals surface area contributed by atoms with Gasteiger partial charge in [-0.05, 0) is 38.1 Å². The van der Waals surface area contributed by atoms with Crippen LogP contribution in [0.2, 0.25) is 0 Å². The van der Waals surface area contributed by atoms with Gasteiger partial charge in [0.15, 0.2) is 0 Å². The van der Waals surface area contributed by atoms with Gasteiger partial charge in [-0.15, -0.1) is 0 Å². The largest absolute Gasteiger partial charge is 0.495 e. The number of nitrogens with zero attached hydrogens (tertiary/aromatic N) is 1. The lowest BCUT2D eigenvalue weighted by atomic mass is 9.80. The number of carbonyl (C=O) groups is 1. The Morgan fingerprint density at radius 3 is 2.38 bits per heavy atom. The van der Waals surface area contributed by atoms with E-state index in [1.54, 1.807) is 38.1 Å². The van der Waals surface area contributed by atoms with E-state index < -0.39 is 23.5 Å². The number of halogens is 2. The van der Waals surface area contributed by atoms with Crippen LogP contribution in [0, 0.1) is 23.0 Å². The Balaban J connectivity index is 2.13. The fourth-order valence-corrected chi connectivity index (χ4v) is 3.46. The minimum atomic E-state index is -1.18. The number of benzene rings is 2. The minimum absolute atomic E-state index is 0.0575. The number of dihydropyridines is 1. The smallest absolute Gasteiger partial charge is 0.254 e. The molecule has 0 aliphatic carbocycles. The van der Waals surface area contributed by atoms with Crippen LogP contribution in [-0.2, 0) is 4.79 Å². The Morgan fingerprint density at radius 2 is 1.76 bits per heavy atom. The topological polar surface area (TPSA) is 74.2 Å². The molecule has 7 heteroatoms. The molecule has 1 amide bonds. The Bertz CT molecular complexity index is 1060. The molecule has 0 spiro atoms. The van der Waals surface area contributed by atoms with Crippen molar-refractivity contribution >= 4 is 11.6 Å². The van der Waals surface area contributed by atoms with Crippen LogP contribution in [0.15, 0.2) is 65.0 Å². The molecule has 0 saturated carbocycles. The third-order valence-electron chi connectivity index (χ3n) is 4.77. The molecule has 3 rings (SSSR count). The van der Waals surface area contributed by atoms with Gasteiger partial charge in [-0.25, -0.2) is 8.78 Å². The van der Waals surface area contributed by atoms with E-state index in [-0.39, 0.29) is 16.7 Å². The van der Waals surface area contributed by atoms with Crippen molar-refractivity contribution in [3.05, 3.63) is 82.2 Å². The summed E-state index contributed by atoms with van der Waals surface area (Å²) in [5.41, 5.74) is 1.03.